The number of ether oxygens (including phenoxy) is 2. The smallest absolute Gasteiger partial charge is 0.344 e. The number of nitrogens with one attached hydrogen (secondary N) is 1. The minimum atomic E-state index is -0.950. The molecule has 2 N–H and O–H groups in total. The molecule has 1 rings (SSSR count). The molecule has 0 saturated carbocycles. The predicted molar refractivity (Wildman–Crippen MR) is 77.3 cm³/mol. The summed E-state index contributed by atoms with van der Waals surface area (Å²) in [5.41, 5.74) is 0.890. The van der Waals surface area contributed by atoms with Crippen molar-refractivity contribution in [2.75, 3.05) is 13.7 Å². The normalized spacial score (nSPS) is 11.9. The van der Waals surface area contributed by atoms with Crippen LogP contribution in [0.1, 0.15) is 32.3 Å². The van der Waals surface area contributed by atoms with Crippen molar-refractivity contribution in [3.05, 3.63) is 23.8 Å². The highest BCUT2D eigenvalue weighted by Gasteiger charge is 2.22. The number of aliphatic carboxylic acids is 1. The lowest BCUT2D eigenvalue weighted by atomic mass is 10.1. The molecule has 1 aromatic rings. The van der Waals surface area contributed by atoms with Gasteiger partial charge in [0.2, 0.25) is 0 Å². The molecule has 5 nitrogen and oxygen atoms in total. The lowest BCUT2D eigenvalue weighted by molar-refractivity contribution is -0.145. The van der Waals surface area contributed by atoms with Crippen molar-refractivity contribution in [3.63, 3.8) is 0 Å². The molecule has 0 aliphatic heterocycles. The molecule has 112 valence electrons. The minimum Gasteiger partial charge on any atom is -0.490 e. The first-order valence-corrected chi connectivity index (χ1v) is 6.92. The van der Waals surface area contributed by atoms with Crippen LogP contribution in [-0.2, 0) is 11.3 Å². The van der Waals surface area contributed by atoms with Gasteiger partial charge in [-0.1, -0.05) is 25.5 Å². The van der Waals surface area contributed by atoms with E-state index in [0.29, 0.717) is 31.1 Å². The standard InChI is InChI=1S/C15H23NO4/c1-4-7-13(15(17)18)20-14-11(10-16-3)8-6-9-12(14)19-5-2/h6,8-9,13,16H,4-5,7,10H2,1-3H3,(H,17,18). The van der Waals surface area contributed by atoms with Crippen molar-refractivity contribution < 1.29 is 19.4 Å². The predicted octanol–water partition coefficient (Wildman–Crippen LogP) is 2.44. The number of carbonyl (C=O) groups is 1. The summed E-state index contributed by atoms with van der Waals surface area (Å²) in [6.07, 6.45) is 0.362. The second kappa shape index (κ2) is 8.43. The molecule has 0 radical (unpaired) electrons. The third-order valence-corrected chi connectivity index (χ3v) is 2.81. The van der Waals surface area contributed by atoms with Crippen LogP contribution in [-0.4, -0.2) is 30.8 Å². The van der Waals surface area contributed by atoms with Gasteiger partial charge in [-0.2, -0.15) is 0 Å². The van der Waals surface area contributed by atoms with E-state index in [4.69, 9.17) is 9.47 Å². The van der Waals surface area contributed by atoms with Gasteiger partial charge in [0, 0.05) is 12.1 Å². The fraction of sp³-hybridized carbons (Fsp3) is 0.533. The van der Waals surface area contributed by atoms with Crippen molar-refractivity contribution in [2.24, 2.45) is 0 Å². The number of hydrogen-bond donors (Lipinski definition) is 2. The molecule has 1 atom stereocenters. The van der Waals surface area contributed by atoms with Crippen LogP contribution in [0.4, 0.5) is 0 Å². The van der Waals surface area contributed by atoms with Crippen LogP contribution in [0.5, 0.6) is 11.5 Å². The van der Waals surface area contributed by atoms with Gasteiger partial charge in [0.15, 0.2) is 17.6 Å². The number of benzene rings is 1. The molecule has 1 aromatic carbocycles. The first-order valence-electron chi connectivity index (χ1n) is 6.92. The average molecular weight is 281 g/mol. The molecule has 0 aliphatic rings. The Kier molecular flexibility index (Phi) is 6.87. The van der Waals surface area contributed by atoms with Crippen LogP contribution < -0.4 is 14.8 Å². The van der Waals surface area contributed by atoms with Gasteiger partial charge in [-0.05, 0) is 26.5 Å². The fourth-order valence-corrected chi connectivity index (χ4v) is 1.93. The molecular formula is C15H23NO4. The average Bonchev–Trinajstić information content (AvgIpc) is 2.41. The molecule has 0 aromatic heterocycles. The number of hydrogen-bond acceptors (Lipinski definition) is 4. The number of carboxylic acid groups (broad SMARTS) is 1. The molecule has 0 fully saturated rings. The Hall–Kier alpha value is -1.75. The minimum absolute atomic E-state index is 0.467. The third kappa shape index (κ3) is 4.42. The van der Waals surface area contributed by atoms with E-state index < -0.39 is 12.1 Å². The van der Waals surface area contributed by atoms with Crippen molar-refractivity contribution in [1.29, 1.82) is 0 Å². The van der Waals surface area contributed by atoms with E-state index in [1.807, 2.05) is 33.0 Å². The molecule has 0 saturated heterocycles. The quantitative estimate of drug-likeness (QED) is 0.727. The molecule has 0 heterocycles. The highest BCUT2D eigenvalue weighted by Crippen LogP contribution is 2.32. The van der Waals surface area contributed by atoms with Crippen molar-refractivity contribution in [1.82, 2.24) is 5.32 Å². The number of rotatable bonds is 9. The highest BCUT2D eigenvalue weighted by atomic mass is 16.5. The van der Waals surface area contributed by atoms with Crippen LogP contribution in [0.15, 0.2) is 18.2 Å². The van der Waals surface area contributed by atoms with Crippen molar-refractivity contribution in [2.45, 2.75) is 39.3 Å². The summed E-state index contributed by atoms with van der Waals surface area (Å²) in [5, 5.41) is 12.3. The van der Waals surface area contributed by atoms with Gasteiger partial charge in [-0.15, -0.1) is 0 Å². The van der Waals surface area contributed by atoms with Crippen LogP contribution in [0.25, 0.3) is 0 Å². The zero-order chi connectivity index (χ0) is 15.0. The molecule has 20 heavy (non-hydrogen) atoms. The molecular weight excluding hydrogens is 258 g/mol. The Morgan fingerprint density at radius 2 is 2.15 bits per heavy atom. The van der Waals surface area contributed by atoms with Crippen molar-refractivity contribution >= 4 is 5.97 Å². The Morgan fingerprint density at radius 1 is 1.40 bits per heavy atom. The van der Waals surface area contributed by atoms with E-state index in [2.05, 4.69) is 5.32 Å². The number of para-hydroxylation sites is 1. The third-order valence-electron chi connectivity index (χ3n) is 2.81. The molecule has 5 heteroatoms. The summed E-state index contributed by atoms with van der Waals surface area (Å²) >= 11 is 0. The monoisotopic (exact) mass is 281 g/mol. The van der Waals surface area contributed by atoms with Gasteiger partial charge in [0.1, 0.15) is 0 Å². The maximum Gasteiger partial charge on any atom is 0.344 e. The van der Waals surface area contributed by atoms with Gasteiger partial charge >= 0.3 is 5.97 Å². The van der Waals surface area contributed by atoms with Crippen LogP contribution >= 0.6 is 0 Å². The van der Waals surface area contributed by atoms with Gasteiger partial charge < -0.3 is 19.9 Å². The van der Waals surface area contributed by atoms with E-state index >= 15 is 0 Å². The summed E-state index contributed by atoms with van der Waals surface area (Å²) in [4.78, 5) is 11.3. The topological polar surface area (TPSA) is 67.8 Å². The van der Waals surface area contributed by atoms with E-state index in [-0.39, 0.29) is 0 Å². The Bertz CT molecular complexity index is 410. The largest absolute Gasteiger partial charge is 0.490 e. The maximum absolute atomic E-state index is 11.3. The van der Waals surface area contributed by atoms with E-state index in [0.717, 1.165) is 12.0 Å². The number of carboxylic acids is 1. The summed E-state index contributed by atoms with van der Waals surface area (Å²) in [6.45, 7) is 4.91. The van der Waals surface area contributed by atoms with Gasteiger partial charge in [0.25, 0.3) is 0 Å². The SMILES string of the molecule is CCCC(Oc1c(CNC)cccc1OCC)C(=O)O. The van der Waals surface area contributed by atoms with Gasteiger partial charge in [-0.25, -0.2) is 4.79 Å². The molecule has 0 bridgehead atoms. The van der Waals surface area contributed by atoms with Crippen LogP contribution in [0, 0.1) is 0 Å². The van der Waals surface area contributed by atoms with Crippen LogP contribution in [0.2, 0.25) is 0 Å². The zero-order valence-corrected chi connectivity index (χ0v) is 12.3. The second-order valence-electron chi connectivity index (χ2n) is 4.44. The maximum atomic E-state index is 11.3. The highest BCUT2D eigenvalue weighted by molar-refractivity contribution is 5.73. The first kappa shape index (κ1) is 16.3. The van der Waals surface area contributed by atoms with E-state index in [1.165, 1.54) is 0 Å². The summed E-state index contributed by atoms with van der Waals surface area (Å²) in [5.74, 6) is 0.153. The molecule has 0 aliphatic carbocycles. The lowest BCUT2D eigenvalue weighted by Gasteiger charge is -2.20. The Morgan fingerprint density at radius 3 is 2.70 bits per heavy atom. The zero-order valence-electron chi connectivity index (χ0n) is 12.3. The van der Waals surface area contributed by atoms with Crippen LogP contribution in [0.3, 0.4) is 0 Å². The Balaban J connectivity index is 3.07. The van der Waals surface area contributed by atoms with Gasteiger partial charge in [-0.3, -0.25) is 0 Å². The summed E-state index contributed by atoms with van der Waals surface area (Å²) in [7, 11) is 1.83. The fourth-order valence-electron chi connectivity index (χ4n) is 1.93. The molecule has 0 spiro atoms. The molecule has 0 amide bonds. The summed E-state index contributed by atoms with van der Waals surface area (Å²) < 4.78 is 11.3. The molecule has 1 unspecified atom stereocenters. The second-order valence-corrected chi connectivity index (χ2v) is 4.44. The lowest BCUT2D eigenvalue weighted by Crippen LogP contribution is -2.27. The van der Waals surface area contributed by atoms with E-state index in [1.54, 1.807) is 6.07 Å². The Labute approximate surface area is 119 Å². The van der Waals surface area contributed by atoms with Gasteiger partial charge in [0.05, 0.1) is 6.61 Å². The first-order chi connectivity index (χ1) is 9.63. The summed E-state index contributed by atoms with van der Waals surface area (Å²) in [6, 6.07) is 5.57. The van der Waals surface area contributed by atoms with Crippen molar-refractivity contribution in [3.8, 4) is 11.5 Å². The van der Waals surface area contributed by atoms with E-state index in [9.17, 15) is 9.90 Å².